The molecule has 0 amide bonds. The van der Waals surface area contributed by atoms with E-state index in [-0.39, 0.29) is 6.61 Å². The molecule has 92 valence electrons. The molecule has 3 rings (SSSR count). The van der Waals surface area contributed by atoms with E-state index in [1.54, 1.807) is 11.3 Å². The average molecular weight is 258 g/mol. The second kappa shape index (κ2) is 4.23. The zero-order valence-corrected chi connectivity index (χ0v) is 11.2. The van der Waals surface area contributed by atoms with Crippen molar-refractivity contribution < 1.29 is 5.11 Å². The topological polar surface area (TPSA) is 37.5 Å². The van der Waals surface area contributed by atoms with Crippen LogP contribution in [0.4, 0.5) is 0 Å². The van der Waals surface area contributed by atoms with Crippen LogP contribution >= 0.6 is 11.3 Å². The number of rotatable bonds is 2. The van der Waals surface area contributed by atoms with E-state index in [4.69, 9.17) is 0 Å². The molecule has 1 N–H and O–H groups in total. The summed E-state index contributed by atoms with van der Waals surface area (Å²) < 4.78 is 1.98. The van der Waals surface area contributed by atoms with Crippen LogP contribution in [0.5, 0.6) is 0 Å². The molecule has 2 heterocycles. The molecule has 2 aromatic heterocycles. The van der Waals surface area contributed by atoms with Crippen molar-refractivity contribution in [2.45, 2.75) is 20.5 Å². The summed E-state index contributed by atoms with van der Waals surface area (Å²) in [5.41, 5.74) is 4.02. The smallest absolute Gasteiger partial charge is 0.194 e. The van der Waals surface area contributed by atoms with E-state index in [2.05, 4.69) is 24.0 Å². The second-order valence-corrected chi connectivity index (χ2v) is 5.64. The maximum Gasteiger partial charge on any atom is 0.194 e. The Morgan fingerprint density at radius 1 is 1.22 bits per heavy atom. The molecule has 0 saturated carbocycles. The number of hydrogen-bond acceptors (Lipinski definition) is 3. The molecule has 0 unspecified atom stereocenters. The predicted molar refractivity (Wildman–Crippen MR) is 73.9 cm³/mol. The minimum atomic E-state index is 0.000545. The molecule has 0 spiro atoms. The first kappa shape index (κ1) is 11.4. The molecule has 0 saturated heterocycles. The molecule has 18 heavy (non-hydrogen) atoms. The predicted octanol–water partition coefficient (Wildman–Crippen LogP) is 3.17. The van der Waals surface area contributed by atoms with Gasteiger partial charge < -0.3 is 5.11 Å². The second-order valence-electron chi connectivity index (χ2n) is 4.43. The minimum absolute atomic E-state index is 0.000545. The Kier molecular flexibility index (Phi) is 2.69. The normalized spacial score (nSPS) is 11.3. The fourth-order valence-corrected chi connectivity index (χ4v) is 2.94. The molecular formula is C14H14N2OS. The van der Waals surface area contributed by atoms with E-state index in [1.165, 1.54) is 10.4 Å². The zero-order valence-electron chi connectivity index (χ0n) is 10.3. The van der Waals surface area contributed by atoms with E-state index in [9.17, 15) is 5.11 Å². The summed E-state index contributed by atoms with van der Waals surface area (Å²) in [6.45, 7) is 4.11. The summed E-state index contributed by atoms with van der Waals surface area (Å²) in [6.07, 6.45) is 2.02. The average Bonchev–Trinajstić information content (AvgIpc) is 2.85. The summed E-state index contributed by atoms with van der Waals surface area (Å²) in [5.74, 6) is 0. The van der Waals surface area contributed by atoms with E-state index < -0.39 is 0 Å². The van der Waals surface area contributed by atoms with Gasteiger partial charge in [0.25, 0.3) is 0 Å². The SMILES string of the molecule is Cc1ccc(-c2nc3sc(C)cn3c2CO)cc1. The van der Waals surface area contributed by atoms with Gasteiger partial charge in [-0.25, -0.2) is 4.98 Å². The lowest BCUT2D eigenvalue weighted by Gasteiger charge is -2.01. The van der Waals surface area contributed by atoms with Gasteiger partial charge in [-0.1, -0.05) is 29.8 Å². The quantitative estimate of drug-likeness (QED) is 0.766. The third kappa shape index (κ3) is 1.74. The van der Waals surface area contributed by atoms with E-state index >= 15 is 0 Å². The standard InChI is InChI=1S/C14H14N2OS/c1-9-3-5-11(6-4-9)13-12(8-17)16-7-10(2)18-14(16)15-13/h3-7,17H,8H2,1-2H3. The molecule has 0 bridgehead atoms. The highest BCUT2D eigenvalue weighted by atomic mass is 32.1. The lowest BCUT2D eigenvalue weighted by Crippen LogP contribution is -1.92. The van der Waals surface area contributed by atoms with E-state index in [1.807, 2.05) is 29.7 Å². The molecule has 3 aromatic rings. The number of imidazole rings is 1. The van der Waals surface area contributed by atoms with Crippen molar-refractivity contribution in [2.24, 2.45) is 0 Å². The highest BCUT2D eigenvalue weighted by Gasteiger charge is 2.14. The molecule has 0 aliphatic rings. The Hall–Kier alpha value is -1.65. The first-order valence-electron chi connectivity index (χ1n) is 5.84. The van der Waals surface area contributed by atoms with Crippen LogP contribution in [0, 0.1) is 13.8 Å². The van der Waals surface area contributed by atoms with Crippen LogP contribution in [-0.4, -0.2) is 14.5 Å². The summed E-state index contributed by atoms with van der Waals surface area (Å²) in [6, 6.07) is 8.23. The summed E-state index contributed by atoms with van der Waals surface area (Å²) in [4.78, 5) is 6.76. The van der Waals surface area contributed by atoms with E-state index in [0.717, 1.165) is 21.9 Å². The van der Waals surface area contributed by atoms with Crippen LogP contribution < -0.4 is 0 Å². The number of aliphatic hydroxyl groups excluding tert-OH is 1. The van der Waals surface area contributed by atoms with Crippen LogP contribution in [0.2, 0.25) is 0 Å². The fourth-order valence-electron chi connectivity index (χ4n) is 2.09. The van der Waals surface area contributed by atoms with Crippen LogP contribution in [0.1, 0.15) is 16.1 Å². The van der Waals surface area contributed by atoms with Crippen LogP contribution in [0.3, 0.4) is 0 Å². The van der Waals surface area contributed by atoms with Crippen molar-refractivity contribution in [1.82, 2.24) is 9.38 Å². The Labute approximate surface area is 109 Å². The van der Waals surface area contributed by atoms with Gasteiger partial charge in [0.1, 0.15) is 0 Å². The van der Waals surface area contributed by atoms with Gasteiger partial charge in [0, 0.05) is 16.6 Å². The van der Waals surface area contributed by atoms with Gasteiger partial charge in [-0.15, -0.1) is 11.3 Å². The van der Waals surface area contributed by atoms with Gasteiger partial charge >= 0.3 is 0 Å². The third-order valence-corrected chi connectivity index (χ3v) is 3.91. The number of hydrogen-bond donors (Lipinski definition) is 1. The van der Waals surface area contributed by atoms with Crippen molar-refractivity contribution in [3.63, 3.8) is 0 Å². The van der Waals surface area contributed by atoms with Crippen LogP contribution in [0.15, 0.2) is 30.5 Å². The fraction of sp³-hybridized carbons (Fsp3) is 0.214. The summed E-state index contributed by atoms with van der Waals surface area (Å²) in [5, 5.41) is 9.57. The summed E-state index contributed by atoms with van der Waals surface area (Å²) >= 11 is 1.64. The van der Waals surface area contributed by atoms with Crippen molar-refractivity contribution in [2.75, 3.05) is 0 Å². The van der Waals surface area contributed by atoms with Crippen molar-refractivity contribution >= 4 is 16.3 Å². The molecule has 0 radical (unpaired) electrons. The summed E-state index contributed by atoms with van der Waals surface area (Å²) in [7, 11) is 0. The molecule has 0 aliphatic carbocycles. The highest BCUT2D eigenvalue weighted by molar-refractivity contribution is 7.17. The number of benzene rings is 1. The number of nitrogens with zero attached hydrogens (tertiary/aromatic N) is 2. The molecule has 1 aromatic carbocycles. The largest absolute Gasteiger partial charge is 0.390 e. The number of aryl methyl sites for hydroxylation is 2. The lowest BCUT2D eigenvalue weighted by atomic mass is 10.1. The third-order valence-electron chi connectivity index (χ3n) is 3.02. The number of aromatic nitrogens is 2. The van der Waals surface area contributed by atoms with Gasteiger partial charge in [0.2, 0.25) is 0 Å². The molecule has 0 fully saturated rings. The number of thiazole rings is 1. The van der Waals surface area contributed by atoms with Gasteiger partial charge in [0.05, 0.1) is 18.0 Å². The van der Waals surface area contributed by atoms with Crippen LogP contribution in [-0.2, 0) is 6.61 Å². The van der Waals surface area contributed by atoms with Gasteiger partial charge in [-0.2, -0.15) is 0 Å². The first-order chi connectivity index (χ1) is 8.69. The van der Waals surface area contributed by atoms with Crippen molar-refractivity contribution in [3.8, 4) is 11.3 Å². The first-order valence-corrected chi connectivity index (χ1v) is 6.66. The Balaban J connectivity index is 2.22. The Morgan fingerprint density at radius 2 is 1.94 bits per heavy atom. The zero-order chi connectivity index (χ0) is 12.7. The maximum absolute atomic E-state index is 9.57. The highest BCUT2D eigenvalue weighted by Crippen LogP contribution is 2.28. The Morgan fingerprint density at radius 3 is 2.61 bits per heavy atom. The maximum atomic E-state index is 9.57. The van der Waals surface area contributed by atoms with Crippen LogP contribution in [0.25, 0.3) is 16.2 Å². The molecular weight excluding hydrogens is 244 g/mol. The van der Waals surface area contributed by atoms with Gasteiger partial charge in [-0.3, -0.25) is 4.40 Å². The van der Waals surface area contributed by atoms with Crippen molar-refractivity contribution in [3.05, 3.63) is 46.6 Å². The molecule has 4 heteroatoms. The van der Waals surface area contributed by atoms with Gasteiger partial charge in [0.15, 0.2) is 4.96 Å². The van der Waals surface area contributed by atoms with Gasteiger partial charge in [-0.05, 0) is 13.8 Å². The molecule has 0 atom stereocenters. The van der Waals surface area contributed by atoms with Crippen molar-refractivity contribution in [1.29, 1.82) is 0 Å². The lowest BCUT2D eigenvalue weighted by molar-refractivity contribution is 0.276. The number of aliphatic hydroxyl groups is 1. The minimum Gasteiger partial charge on any atom is -0.390 e. The van der Waals surface area contributed by atoms with E-state index in [0.29, 0.717) is 0 Å². The molecule has 0 aliphatic heterocycles. The number of fused-ring (bicyclic) bond motifs is 1. The molecule has 3 nitrogen and oxygen atoms in total. The Bertz CT molecular complexity index is 694. The monoisotopic (exact) mass is 258 g/mol.